The molecular weight excluding hydrogens is 216 g/mol. The number of amides is 1. The molecule has 1 aromatic rings. The van der Waals surface area contributed by atoms with E-state index in [2.05, 4.69) is 22.9 Å². The van der Waals surface area contributed by atoms with Crippen LogP contribution >= 0.6 is 24.0 Å². The van der Waals surface area contributed by atoms with Crippen molar-refractivity contribution >= 4 is 29.9 Å². The third-order valence-electron chi connectivity index (χ3n) is 1.85. The number of nitrogens with one attached hydrogen (secondary N) is 1. The van der Waals surface area contributed by atoms with Crippen LogP contribution in [0.4, 0.5) is 0 Å². The van der Waals surface area contributed by atoms with Crippen LogP contribution in [0.1, 0.15) is 28.5 Å². The van der Waals surface area contributed by atoms with Gasteiger partial charge in [-0.3, -0.25) is 4.79 Å². The van der Waals surface area contributed by atoms with Gasteiger partial charge >= 0.3 is 0 Å². The van der Waals surface area contributed by atoms with E-state index in [1.54, 1.807) is 11.3 Å². The van der Waals surface area contributed by atoms with Gasteiger partial charge in [-0.2, -0.15) is 12.6 Å². The summed E-state index contributed by atoms with van der Waals surface area (Å²) >= 11 is 5.53. The highest BCUT2D eigenvalue weighted by Gasteiger charge is 2.14. The van der Waals surface area contributed by atoms with Crippen LogP contribution in [0.3, 0.4) is 0 Å². The Morgan fingerprint density at radius 3 is 2.71 bits per heavy atom. The number of thiol groups is 1. The summed E-state index contributed by atoms with van der Waals surface area (Å²) in [5.41, 5.74) is 1.000. The average molecular weight is 230 g/mol. The quantitative estimate of drug-likeness (QED) is 0.778. The number of rotatable bonds is 3. The van der Waals surface area contributed by atoms with Crippen LogP contribution in [0.2, 0.25) is 0 Å². The standard InChI is InChI=1S/C9H14N2OS2/c1-5-9(14-7(3)10-5)6(2)11-8(12)4-13/h6,13H,4H2,1-3H3,(H,11,12). The number of carbonyl (C=O) groups is 1. The molecule has 0 radical (unpaired) electrons. The van der Waals surface area contributed by atoms with Crippen LogP contribution in [-0.4, -0.2) is 16.6 Å². The Hall–Kier alpha value is -0.550. The first-order valence-electron chi connectivity index (χ1n) is 4.38. The highest BCUT2D eigenvalue weighted by Crippen LogP contribution is 2.24. The summed E-state index contributed by atoms with van der Waals surface area (Å²) in [6.45, 7) is 5.89. The predicted octanol–water partition coefficient (Wildman–Crippen LogP) is 1.87. The zero-order valence-corrected chi connectivity index (χ0v) is 10.2. The maximum Gasteiger partial charge on any atom is 0.230 e. The smallest absolute Gasteiger partial charge is 0.230 e. The Labute approximate surface area is 93.3 Å². The minimum absolute atomic E-state index is 0.0286. The Morgan fingerprint density at radius 1 is 1.64 bits per heavy atom. The van der Waals surface area contributed by atoms with Crippen molar-refractivity contribution in [2.45, 2.75) is 26.8 Å². The summed E-state index contributed by atoms with van der Waals surface area (Å²) in [6.07, 6.45) is 0. The molecule has 0 aromatic carbocycles. The van der Waals surface area contributed by atoms with Gasteiger partial charge in [0.2, 0.25) is 5.91 Å². The zero-order valence-electron chi connectivity index (χ0n) is 8.50. The molecule has 1 N–H and O–H groups in total. The van der Waals surface area contributed by atoms with Gasteiger partial charge in [-0.25, -0.2) is 4.98 Å². The van der Waals surface area contributed by atoms with Crippen molar-refractivity contribution in [3.63, 3.8) is 0 Å². The number of thiazole rings is 1. The Kier molecular flexibility index (Phi) is 3.95. The van der Waals surface area contributed by atoms with Crippen molar-refractivity contribution in [1.29, 1.82) is 0 Å². The molecule has 1 heterocycles. The fraction of sp³-hybridized carbons (Fsp3) is 0.556. The lowest BCUT2D eigenvalue weighted by Gasteiger charge is -2.11. The highest BCUT2D eigenvalue weighted by atomic mass is 32.1. The Balaban J connectivity index is 2.73. The second-order valence-corrected chi connectivity index (χ2v) is 4.68. The van der Waals surface area contributed by atoms with E-state index in [1.807, 2.05) is 20.8 Å². The van der Waals surface area contributed by atoms with E-state index in [-0.39, 0.29) is 17.7 Å². The highest BCUT2D eigenvalue weighted by molar-refractivity contribution is 7.81. The molecule has 0 aliphatic carbocycles. The van der Waals surface area contributed by atoms with E-state index < -0.39 is 0 Å². The molecule has 0 bridgehead atoms. The van der Waals surface area contributed by atoms with Crippen LogP contribution in [0.25, 0.3) is 0 Å². The van der Waals surface area contributed by atoms with Gasteiger partial charge in [-0.1, -0.05) is 0 Å². The molecule has 0 spiro atoms. The average Bonchev–Trinajstić information content (AvgIpc) is 2.45. The first-order valence-corrected chi connectivity index (χ1v) is 5.83. The molecule has 0 fully saturated rings. The van der Waals surface area contributed by atoms with Gasteiger partial charge in [0.25, 0.3) is 0 Å². The molecule has 1 atom stereocenters. The minimum atomic E-state index is -0.0497. The van der Waals surface area contributed by atoms with Gasteiger partial charge in [0, 0.05) is 4.88 Å². The van der Waals surface area contributed by atoms with Crippen LogP contribution in [0.15, 0.2) is 0 Å². The monoisotopic (exact) mass is 230 g/mol. The minimum Gasteiger partial charge on any atom is -0.348 e. The number of aromatic nitrogens is 1. The summed E-state index contributed by atoms with van der Waals surface area (Å²) < 4.78 is 0. The number of hydrogen-bond donors (Lipinski definition) is 2. The fourth-order valence-electron chi connectivity index (χ4n) is 1.30. The van der Waals surface area contributed by atoms with Gasteiger partial charge in [0.15, 0.2) is 0 Å². The lowest BCUT2D eigenvalue weighted by molar-refractivity contribution is -0.119. The van der Waals surface area contributed by atoms with Crippen molar-refractivity contribution in [2.75, 3.05) is 5.75 Å². The summed E-state index contributed by atoms with van der Waals surface area (Å²) in [6, 6.07) is 0.0286. The van der Waals surface area contributed by atoms with Gasteiger partial charge in [-0.05, 0) is 20.8 Å². The summed E-state index contributed by atoms with van der Waals surface area (Å²) in [5, 5.41) is 3.89. The Morgan fingerprint density at radius 2 is 2.29 bits per heavy atom. The SMILES string of the molecule is Cc1nc(C)c(C(C)NC(=O)CS)s1. The van der Waals surface area contributed by atoms with Gasteiger partial charge in [-0.15, -0.1) is 11.3 Å². The molecule has 78 valence electrons. The van der Waals surface area contributed by atoms with Crippen LogP contribution in [-0.2, 0) is 4.79 Å². The van der Waals surface area contributed by atoms with E-state index in [4.69, 9.17) is 0 Å². The predicted molar refractivity (Wildman–Crippen MR) is 62.0 cm³/mol. The van der Waals surface area contributed by atoms with Gasteiger partial charge in [0.05, 0.1) is 22.5 Å². The van der Waals surface area contributed by atoms with Crippen molar-refractivity contribution in [1.82, 2.24) is 10.3 Å². The molecule has 0 aliphatic rings. The van der Waals surface area contributed by atoms with E-state index in [1.165, 1.54) is 0 Å². The summed E-state index contributed by atoms with van der Waals surface area (Å²) in [4.78, 5) is 16.5. The maximum atomic E-state index is 11.1. The molecule has 0 saturated heterocycles. The van der Waals surface area contributed by atoms with E-state index in [0.29, 0.717) is 0 Å². The third kappa shape index (κ3) is 2.72. The first kappa shape index (κ1) is 11.5. The van der Waals surface area contributed by atoms with E-state index >= 15 is 0 Å². The van der Waals surface area contributed by atoms with Crippen LogP contribution in [0, 0.1) is 13.8 Å². The third-order valence-corrected chi connectivity index (χ3v) is 3.40. The number of aryl methyl sites for hydroxylation is 2. The lowest BCUT2D eigenvalue weighted by Crippen LogP contribution is -2.27. The molecule has 3 nitrogen and oxygen atoms in total. The number of hydrogen-bond acceptors (Lipinski definition) is 4. The number of nitrogens with zero attached hydrogens (tertiary/aromatic N) is 1. The molecule has 1 rings (SSSR count). The molecule has 1 unspecified atom stereocenters. The van der Waals surface area contributed by atoms with Crippen molar-refractivity contribution in [2.24, 2.45) is 0 Å². The first-order chi connectivity index (χ1) is 6.54. The molecule has 0 aliphatic heterocycles. The lowest BCUT2D eigenvalue weighted by atomic mass is 10.2. The summed E-state index contributed by atoms with van der Waals surface area (Å²) in [5.74, 6) is 0.174. The van der Waals surface area contributed by atoms with Crippen molar-refractivity contribution in [3.05, 3.63) is 15.6 Å². The normalized spacial score (nSPS) is 12.6. The van der Waals surface area contributed by atoms with Gasteiger partial charge < -0.3 is 5.32 Å². The van der Waals surface area contributed by atoms with Crippen molar-refractivity contribution in [3.8, 4) is 0 Å². The molecule has 1 amide bonds. The number of carbonyl (C=O) groups excluding carboxylic acids is 1. The largest absolute Gasteiger partial charge is 0.348 e. The zero-order chi connectivity index (χ0) is 10.7. The molecule has 14 heavy (non-hydrogen) atoms. The topological polar surface area (TPSA) is 42.0 Å². The van der Waals surface area contributed by atoms with Crippen LogP contribution in [0.5, 0.6) is 0 Å². The van der Waals surface area contributed by atoms with Crippen LogP contribution < -0.4 is 5.32 Å². The molecule has 5 heteroatoms. The molecule has 0 saturated carbocycles. The second-order valence-electron chi connectivity index (χ2n) is 3.13. The molecular formula is C9H14N2OS2. The Bertz CT molecular complexity index is 336. The van der Waals surface area contributed by atoms with Crippen molar-refractivity contribution < 1.29 is 4.79 Å². The van der Waals surface area contributed by atoms with E-state index in [0.717, 1.165) is 15.6 Å². The summed E-state index contributed by atoms with van der Waals surface area (Å²) in [7, 11) is 0. The second kappa shape index (κ2) is 4.79. The maximum absolute atomic E-state index is 11.1. The van der Waals surface area contributed by atoms with E-state index in [9.17, 15) is 4.79 Å². The van der Waals surface area contributed by atoms with Gasteiger partial charge in [0.1, 0.15) is 0 Å². The fourth-order valence-corrected chi connectivity index (χ4v) is 2.32. The molecule has 1 aromatic heterocycles.